The first-order valence-electron chi connectivity index (χ1n) is 8.82. The Morgan fingerprint density at radius 2 is 2.00 bits per heavy atom. The van der Waals surface area contributed by atoms with Gasteiger partial charge in [-0.3, -0.25) is 9.59 Å². The summed E-state index contributed by atoms with van der Waals surface area (Å²) < 4.78 is 0. The number of benzene rings is 1. The van der Waals surface area contributed by atoms with E-state index in [9.17, 15) is 9.59 Å². The molecule has 4 nitrogen and oxygen atoms in total. The summed E-state index contributed by atoms with van der Waals surface area (Å²) in [5, 5.41) is 2.59. The molecule has 0 bridgehead atoms. The zero-order valence-electron chi connectivity index (χ0n) is 15.0. The molecule has 1 aromatic heterocycles. The molecule has 138 valence electrons. The van der Waals surface area contributed by atoms with Crippen molar-refractivity contribution in [3.8, 4) is 0 Å². The highest BCUT2D eigenvalue weighted by Crippen LogP contribution is 2.26. The third kappa shape index (κ3) is 4.10. The van der Waals surface area contributed by atoms with Crippen molar-refractivity contribution in [2.45, 2.75) is 25.8 Å². The lowest BCUT2D eigenvalue weighted by Gasteiger charge is -2.35. The van der Waals surface area contributed by atoms with Gasteiger partial charge in [-0.25, -0.2) is 0 Å². The SMILES string of the molecule is CC(c1ccc(Cl)cc1)N(C)C(=O)C1CCCN(C(=O)c2cccs2)C1. The van der Waals surface area contributed by atoms with Crippen LogP contribution in [-0.2, 0) is 4.79 Å². The van der Waals surface area contributed by atoms with E-state index >= 15 is 0 Å². The summed E-state index contributed by atoms with van der Waals surface area (Å²) in [6.45, 7) is 3.22. The molecule has 0 spiro atoms. The molecular formula is C20H23ClN2O2S. The van der Waals surface area contributed by atoms with Crippen LogP contribution in [0.15, 0.2) is 41.8 Å². The molecule has 6 heteroatoms. The lowest BCUT2D eigenvalue weighted by atomic mass is 9.95. The van der Waals surface area contributed by atoms with Crippen LogP contribution in [0.5, 0.6) is 0 Å². The number of rotatable bonds is 4. The second kappa shape index (κ2) is 8.23. The van der Waals surface area contributed by atoms with Crippen LogP contribution in [0.3, 0.4) is 0 Å². The predicted octanol–water partition coefficient (Wildman–Crippen LogP) is 4.47. The molecule has 2 atom stereocenters. The van der Waals surface area contributed by atoms with Crippen LogP contribution in [0, 0.1) is 5.92 Å². The van der Waals surface area contributed by atoms with Gasteiger partial charge < -0.3 is 9.80 Å². The average Bonchev–Trinajstić information content (AvgIpc) is 3.21. The first-order valence-corrected chi connectivity index (χ1v) is 10.1. The molecule has 0 saturated carbocycles. The highest BCUT2D eigenvalue weighted by Gasteiger charge is 2.32. The molecule has 1 aliphatic heterocycles. The number of hydrogen-bond acceptors (Lipinski definition) is 3. The fourth-order valence-corrected chi connectivity index (χ4v) is 4.18. The van der Waals surface area contributed by atoms with Gasteiger partial charge in [-0.05, 0) is 48.9 Å². The summed E-state index contributed by atoms with van der Waals surface area (Å²) in [6, 6.07) is 11.3. The molecule has 0 N–H and O–H groups in total. The van der Waals surface area contributed by atoms with E-state index < -0.39 is 0 Å². The van der Waals surface area contributed by atoms with Crippen LogP contribution < -0.4 is 0 Å². The molecule has 0 aliphatic carbocycles. The van der Waals surface area contributed by atoms with E-state index in [0.29, 0.717) is 11.6 Å². The quantitative estimate of drug-likeness (QED) is 0.772. The number of likely N-dealkylation sites (tertiary alicyclic amines) is 1. The smallest absolute Gasteiger partial charge is 0.263 e. The van der Waals surface area contributed by atoms with Crippen molar-refractivity contribution in [1.29, 1.82) is 0 Å². The van der Waals surface area contributed by atoms with Gasteiger partial charge in [0.25, 0.3) is 5.91 Å². The summed E-state index contributed by atoms with van der Waals surface area (Å²) in [7, 11) is 1.83. The number of carbonyl (C=O) groups excluding carboxylic acids is 2. The van der Waals surface area contributed by atoms with Crippen molar-refractivity contribution in [3.63, 3.8) is 0 Å². The Morgan fingerprint density at radius 1 is 1.27 bits per heavy atom. The maximum atomic E-state index is 13.0. The van der Waals surface area contributed by atoms with Crippen molar-refractivity contribution < 1.29 is 9.59 Å². The average molecular weight is 391 g/mol. The van der Waals surface area contributed by atoms with Gasteiger partial charge in [0.2, 0.25) is 5.91 Å². The first-order chi connectivity index (χ1) is 12.5. The van der Waals surface area contributed by atoms with E-state index in [1.807, 2.05) is 60.6 Å². The molecule has 2 aromatic rings. The molecular weight excluding hydrogens is 368 g/mol. The van der Waals surface area contributed by atoms with Gasteiger partial charge in [-0.2, -0.15) is 0 Å². The minimum atomic E-state index is -0.146. The Morgan fingerprint density at radius 3 is 2.65 bits per heavy atom. The molecule has 3 rings (SSSR count). The summed E-state index contributed by atoms with van der Waals surface area (Å²) in [5.41, 5.74) is 1.05. The van der Waals surface area contributed by atoms with Crippen molar-refractivity contribution in [1.82, 2.24) is 9.80 Å². The number of carbonyl (C=O) groups is 2. The van der Waals surface area contributed by atoms with Crippen LogP contribution in [0.1, 0.15) is 41.0 Å². The van der Waals surface area contributed by atoms with Crippen LogP contribution in [0.2, 0.25) is 5.02 Å². The minimum Gasteiger partial charge on any atom is -0.339 e. The Hall–Kier alpha value is -1.85. The number of piperidine rings is 1. The standard InChI is InChI=1S/C20H23ClN2O2S/c1-14(15-7-9-17(21)10-8-15)22(2)19(24)16-5-3-11-23(13-16)20(25)18-6-4-12-26-18/h4,6-10,12,14,16H,3,5,11,13H2,1-2H3. The zero-order valence-corrected chi connectivity index (χ0v) is 16.6. The highest BCUT2D eigenvalue weighted by molar-refractivity contribution is 7.12. The molecule has 1 aliphatic rings. The van der Waals surface area contributed by atoms with Gasteiger partial charge in [0.05, 0.1) is 16.8 Å². The van der Waals surface area contributed by atoms with E-state index in [2.05, 4.69) is 0 Å². The van der Waals surface area contributed by atoms with E-state index in [1.165, 1.54) is 11.3 Å². The molecule has 1 saturated heterocycles. The molecule has 2 amide bonds. The van der Waals surface area contributed by atoms with E-state index in [-0.39, 0.29) is 23.8 Å². The van der Waals surface area contributed by atoms with E-state index in [1.54, 1.807) is 4.90 Å². The third-order valence-corrected chi connectivity index (χ3v) is 6.18. The number of thiophene rings is 1. The second-order valence-electron chi connectivity index (χ2n) is 6.74. The summed E-state index contributed by atoms with van der Waals surface area (Å²) in [5.74, 6) is -0.0190. The summed E-state index contributed by atoms with van der Waals surface area (Å²) in [4.78, 5) is 29.9. The zero-order chi connectivity index (χ0) is 18.7. The van der Waals surface area contributed by atoms with Crippen molar-refractivity contribution in [3.05, 3.63) is 57.2 Å². The van der Waals surface area contributed by atoms with Gasteiger partial charge in [0.1, 0.15) is 0 Å². The number of nitrogens with zero attached hydrogens (tertiary/aromatic N) is 2. The fourth-order valence-electron chi connectivity index (χ4n) is 3.36. The maximum absolute atomic E-state index is 13.0. The summed E-state index contributed by atoms with van der Waals surface area (Å²) >= 11 is 7.40. The molecule has 26 heavy (non-hydrogen) atoms. The molecule has 2 unspecified atom stereocenters. The molecule has 1 fully saturated rings. The summed E-state index contributed by atoms with van der Waals surface area (Å²) in [6.07, 6.45) is 1.68. The Bertz CT molecular complexity index is 761. The second-order valence-corrected chi connectivity index (χ2v) is 8.13. The minimum absolute atomic E-state index is 0.0332. The van der Waals surface area contributed by atoms with Crippen LogP contribution >= 0.6 is 22.9 Å². The van der Waals surface area contributed by atoms with Gasteiger partial charge in [0.15, 0.2) is 0 Å². The lowest BCUT2D eigenvalue weighted by molar-refractivity contribution is -0.137. The van der Waals surface area contributed by atoms with Crippen molar-refractivity contribution in [2.24, 2.45) is 5.92 Å². The van der Waals surface area contributed by atoms with Crippen LogP contribution in [-0.4, -0.2) is 41.8 Å². The fraction of sp³-hybridized carbons (Fsp3) is 0.400. The van der Waals surface area contributed by atoms with Gasteiger partial charge in [0, 0.05) is 25.2 Å². The predicted molar refractivity (Wildman–Crippen MR) is 106 cm³/mol. The third-order valence-electron chi connectivity index (χ3n) is 5.07. The highest BCUT2D eigenvalue weighted by atomic mass is 35.5. The van der Waals surface area contributed by atoms with Crippen LogP contribution in [0.25, 0.3) is 0 Å². The topological polar surface area (TPSA) is 40.6 Å². The van der Waals surface area contributed by atoms with Crippen molar-refractivity contribution in [2.75, 3.05) is 20.1 Å². The molecule has 0 radical (unpaired) electrons. The monoisotopic (exact) mass is 390 g/mol. The Balaban J connectivity index is 1.66. The maximum Gasteiger partial charge on any atom is 0.263 e. The molecule has 1 aromatic carbocycles. The number of halogens is 1. The largest absolute Gasteiger partial charge is 0.339 e. The number of amides is 2. The Labute approximate surface area is 163 Å². The lowest BCUT2D eigenvalue weighted by Crippen LogP contribution is -2.46. The van der Waals surface area contributed by atoms with Gasteiger partial charge in [-0.1, -0.05) is 29.8 Å². The van der Waals surface area contributed by atoms with Gasteiger partial charge >= 0.3 is 0 Å². The van der Waals surface area contributed by atoms with Crippen LogP contribution in [0.4, 0.5) is 0 Å². The van der Waals surface area contributed by atoms with Crippen molar-refractivity contribution >= 4 is 34.8 Å². The van der Waals surface area contributed by atoms with E-state index in [0.717, 1.165) is 29.8 Å². The Kier molecular flexibility index (Phi) is 5.99. The van der Waals surface area contributed by atoms with Gasteiger partial charge in [-0.15, -0.1) is 11.3 Å². The number of hydrogen-bond donors (Lipinski definition) is 0. The first kappa shape index (κ1) is 18.9. The van der Waals surface area contributed by atoms with E-state index in [4.69, 9.17) is 11.6 Å². The normalized spacial score (nSPS) is 18.4. The molecule has 2 heterocycles.